The molecule has 1 amide bonds. The summed E-state index contributed by atoms with van der Waals surface area (Å²) in [4.78, 5) is 19.3. The number of aryl methyl sites for hydroxylation is 2. The Morgan fingerprint density at radius 1 is 1.07 bits per heavy atom. The van der Waals surface area contributed by atoms with Crippen LogP contribution in [0.4, 0.5) is 5.82 Å². The second kappa shape index (κ2) is 6.27. The zero-order valence-electron chi connectivity index (χ0n) is 16.0. The number of rotatable bonds is 2. The Kier molecular flexibility index (Phi) is 3.84. The molecule has 0 saturated carbocycles. The first-order valence-corrected chi connectivity index (χ1v) is 10.1. The molecule has 6 heteroatoms. The summed E-state index contributed by atoms with van der Waals surface area (Å²) in [5.74, 6) is 0.946. The van der Waals surface area contributed by atoms with E-state index >= 15 is 0 Å². The number of aromatic nitrogens is 3. The van der Waals surface area contributed by atoms with Crippen LogP contribution in [0.25, 0.3) is 15.3 Å². The smallest absolute Gasteiger partial charge is 0.228 e. The fourth-order valence-corrected chi connectivity index (χ4v) is 4.88. The Morgan fingerprint density at radius 2 is 1.82 bits per heavy atom. The topological polar surface area (TPSA) is 51.0 Å². The van der Waals surface area contributed by atoms with E-state index in [4.69, 9.17) is 10.1 Å². The number of thiazole rings is 1. The average Bonchev–Trinajstić information content (AvgIpc) is 3.27. The van der Waals surface area contributed by atoms with Crippen LogP contribution in [0.15, 0.2) is 48.5 Å². The molecule has 1 aliphatic heterocycles. The Hall–Kier alpha value is -2.99. The summed E-state index contributed by atoms with van der Waals surface area (Å²) >= 11 is 1.59. The maximum absolute atomic E-state index is 12.8. The van der Waals surface area contributed by atoms with Gasteiger partial charge < -0.3 is 0 Å². The van der Waals surface area contributed by atoms with Crippen LogP contribution in [-0.2, 0) is 4.79 Å². The van der Waals surface area contributed by atoms with Crippen LogP contribution in [0, 0.1) is 13.8 Å². The van der Waals surface area contributed by atoms with Gasteiger partial charge in [-0.3, -0.25) is 9.69 Å². The average molecular weight is 388 g/mol. The molecule has 0 fully saturated rings. The largest absolute Gasteiger partial charge is 0.299 e. The van der Waals surface area contributed by atoms with Gasteiger partial charge in [-0.2, -0.15) is 9.78 Å². The molecule has 4 aromatic rings. The number of fused-ring (bicyclic) bond motifs is 2. The lowest BCUT2D eigenvalue weighted by Gasteiger charge is -2.30. The van der Waals surface area contributed by atoms with Crippen molar-refractivity contribution in [3.8, 4) is 5.13 Å². The first-order valence-electron chi connectivity index (χ1n) is 9.31. The van der Waals surface area contributed by atoms with E-state index in [9.17, 15) is 4.79 Å². The van der Waals surface area contributed by atoms with Crippen LogP contribution in [-0.4, -0.2) is 27.7 Å². The van der Waals surface area contributed by atoms with Crippen LogP contribution in [0.3, 0.4) is 0 Å². The molecule has 0 bridgehead atoms. The third-order valence-corrected chi connectivity index (χ3v) is 6.46. The quantitative estimate of drug-likeness (QED) is 0.504. The Morgan fingerprint density at radius 3 is 2.57 bits per heavy atom. The standard InChI is InChI=1S/C22H20N4OS/c1-13-8-10-15(11-9-13)16-12-19(27)25(3)21-20(16)14(2)24-26(21)22-23-17-6-4-5-7-18(17)28-22/h4-11,16H,12H2,1-3H3/t16-/m0/s1. The van der Waals surface area contributed by atoms with E-state index in [0.29, 0.717) is 6.42 Å². The predicted molar refractivity (Wildman–Crippen MR) is 113 cm³/mol. The monoisotopic (exact) mass is 388 g/mol. The minimum atomic E-state index is 0.0161. The minimum Gasteiger partial charge on any atom is -0.299 e. The molecule has 0 aliphatic carbocycles. The molecule has 3 heterocycles. The van der Waals surface area contributed by atoms with Crippen LogP contribution in [0.2, 0.25) is 0 Å². The van der Waals surface area contributed by atoms with Crippen LogP contribution in [0.5, 0.6) is 0 Å². The van der Waals surface area contributed by atoms with Crippen molar-refractivity contribution in [1.29, 1.82) is 0 Å². The molecule has 0 saturated heterocycles. The van der Waals surface area contributed by atoms with E-state index in [1.807, 2.05) is 36.9 Å². The molecule has 5 rings (SSSR count). The lowest BCUT2D eigenvalue weighted by Crippen LogP contribution is -2.34. The van der Waals surface area contributed by atoms with E-state index in [1.165, 1.54) is 5.56 Å². The molecule has 2 aromatic carbocycles. The minimum absolute atomic E-state index is 0.0161. The van der Waals surface area contributed by atoms with Crippen molar-refractivity contribution in [2.75, 3.05) is 11.9 Å². The first kappa shape index (κ1) is 17.1. The SMILES string of the molecule is Cc1ccc([C@@H]2CC(=O)N(C)c3c2c(C)nn3-c2nc3ccccc3s2)cc1. The first-order chi connectivity index (χ1) is 13.5. The van der Waals surface area contributed by atoms with Gasteiger partial charge in [-0.05, 0) is 31.5 Å². The zero-order chi connectivity index (χ0) is 19.4. The Balaban J connectivity index is 1.71. The second-order valence-electron chi connectivity index (χ2n) is 7.32. The molecule has 0 spiro atoms. The second-order valence-corrected chi connectivity index (χ2v) is 8.33. The van der Waals surface area contributed by atoms with Gasteiger partial charge in [0, 0.05) is 24.9 Å². The number of amides is 1. The fourth-order valence-electron chi connectivity index (χ4n) is 3.96. The Labute approximate surface area is 167 Å². The highest BCUT2D eigenvalue weighted by molar-refractivity contribution is 7.20. The van der Waals surface area contributed by atoms with Crippen molar-refractivity contribution in [1.82, 2.24) is 14.8 Å². The van der Waals surface area contributed by atoms with E-state index in [0.717, 1.165) is 38.0 Å². The fraction of sp³-hybridized carbons (Fsp3) is 0.227. The summed E-state index contributed by atoms with van der Waals surface area (Å²) in [6, 6.07) is 16.5. The van der Waals surface area contributed by atoms with Gasteiger partial charge in [0.25, 0.3) is 0 Å². The maximum atomic E-state index is 12.8. The third kappa shape index (κ3) is 2.56. The number of hydrogen-bond donors (Lipinski definition) is 0. The zero-order valence-corrected chi connectivity index (χ0v) is 16.8. The number of anilines is 1. The molecule has 5 nitrogen and oxygen atoms in total. The summed E-state index contributed by atoms with van der Waals surface area (Å²) in [5.41, 5.74) is 5.37. The van der Waals surface area contributed by atoms with Crippen molar-refractivity contribution in [3.05, 3.63) is 70.9 Å². The van der Waals surface area contributed by atoms with E-state index in [2.05, 4.69) is 37.3 Å². The van der Waals surface area contributed by atoms with Crippen molar-refractivity contribution in [2.24, 2.45) is 0 Å². The molecule has 0 unspecified atom stereocenters. The van der Waals surface area contributed by atoms with Crippen LogP contribution < -0.4 is 4.90 Å². The van der Waals surface area contributed by atoms with Gasteiger partial charge in [0.05, 0.1) is 15.9 Å². The van der Waals surface area contributed by atoms with Crippen molar-refractivity contribution >= 4 is 33.3 Å². The van der Waals surface area contributed by atoms with Gasteiger partial charge in [-0.15, -0.1) is 0 Å². The van der Waals surface area contributed by atoms with Crippen molar-refractivity contribution in [2.45, 2.75) is 26.2 Å². The number of nitrogens with zero attached hydrogens (tertiary/aromatic N) is 4. The van der Waals surface area contributed by atoms with Crippen molar-refractivity contribution < 1.29 is 4.79 Å². The number of benzene rings is 2. The molecular formula is C22H20N4OS. The molecule has 140 valence electrons. The summed E-state index contributed by atoms with van der Waals surface area (Å²) in [6.45, 7) is 4.10. The molecule has 0 radical (unpaired) electrons. The van der Waals surface area contributed by atoms with E-state index in [-0.39, 0.29) is 11.8 Å². The maximum Gasteiger partial charge on any atom is 0.228 e. The van der Waals surface area contributed by atoms with Crippen molar-refractivity contribution in [3.63, 3.8) is 0 Å². The summed E-state index contributed by atoms with van der Waals surface area (Å²) in [5, 5.41) is 5.59. The third-order valence-electron chi connectivity index (χ3n) is 5.44. The molecule has 2 aromatic heterocycles. The van der Waals surface area contributed by atoms with Gasteiger partial charge in [0.1, 0.15) is 5.82 Å². The molecule has 28 heavy (non-hydrogen) atoms. The number of carbonyl (C=O) groups excluding carboxylic acids is 1. The molecule has 1 atom stereocenters. The summed E-state index contributed by atoms with van der Waals surface area (Å²) in [7, 11) is 1.83. The lowest BCUT2D eigenvalue weighted by molar-refractivity contribution is -0.118. The summed E-state index contributed by atoms with van der Waals surface area (Å²) in [6.07, 6.45) is 0.457. The van der Waals surface area contributed by atoms with Gasteiger partial charge in [-0.1, -0.05) is 53.3 Å². The summed E-state index contributed by atoms with van der Waals surface area (Å²) < 4.78 is 2.95. The van der Waals surface area contributed by atoms with Gasteiger partial charge in [0.15, 0.2) is 0 Å². The lowest BCUT2D eigenvalue weighted by atomic mass is 9.85. The highest BCUT2D eigenvalue weighted by Gasteiger charge is 2.36. The van der Waals surface area contributed by atoms with E-state index < -0.39 is 0 Å². The van der Waals surface area contributed by atoms with Crippen LogP contribution in [0.1, 0.15) is 34.7 Å². The molecular weight excluding hydrogens is 368 g/mol. The van der Waals surface area contributed by atoms with Gasteiger partial charge in [0.2, 0.25) is 11.0 Å². The number of hydrogen-bond acceptors (Lipinski definition) is 4. The molecule has 0 N–H and O–H groups in total. The molecule has 1 aliphatic rings. The van der Waals surface area contributed by atoms with Gasteiger partial charge in [-0.25, -0.2) is 4.98 Å². The normalized spacial score (nSPS) is 16.6. The number of para-hydroxylation sites is 1. The van der Waals surface area contributed by atoms with Crippen LogP contribution >= 0.6 is 11.3 Å². The number of carbonyl (C=O) groups is 1. The van der Waals surface area contributed by atoms with E-state index in [1.54, 1.807) is 16.2 Å². The highest BCUT2D eigenvalue weighted by atomic mass is 32.1. The predicted octanol–water partition coefficient (Wildman–Crippen LogP) is 4.60. The van der Waals surface area contributed by atoms with Gasteiger partial charge >= 0.3 is 0 Å². The highest BCUT2D eigenvalue weighted by Crippen LogP contribution is 2.43. The Bertz CT molecular complexity index is 1170.